The first kappa shape index (κ1) is 15.5. The van der Waals surface area contributed by atoms with E-state index in [0.717, 1.165) is 25.3 Å². The van der Waals surface area contributed by atoms with Gasteiger partial charge >= 0.3 is 0 Å². The summed E-state index contributed by atoms with van der Waals surface area (Å²) in [7, 11) is 2.09. The van der Waals surface area contributed by atoms with E-state index in [1.165, 1.54) is 22.4 Å². The second kappa shape index (κ2) is 7.23. The van der Waals surface area contributed by atoms with Crippen molar-refractivity contribution >= 4 is 11.5 Å². The molecule has 2 aromatic rings. The molecule has 1 aromatic carbocycles. The zero-order valence-electron chi connectivity index (χ0n) is 13.5. The third kappa shape index (κ3) is 3.82. The van der Waals surface area contributed by atoms with Crippen molar-refractivity contribution in [2.75, 3.05) is 18.5 Å². The van der Waals surface area contributed by atoms with Crippen LogP contribution in [-0.2, 0) is 6.54 Å². The summed E-state index contributed by atoms with van der Waals surface area (Å²) in [5, 5.41) is 3.46. The molecule has 1 N–H and O–H groups in total. The Hall–Kier alpha value is -1.87. The molecule has 0 aliphatic carbocycles. The van der Waals surface area contributed by atoms with E-state index < -0.39 is 0 Å². The van der Waals surface area contributed by atoms with Gasteiger partial charge in [-0.1, -0.05) is 30.7 Å². The summed E-state index contributed by atoms with van der Waals surface area (Å²) in [5.74, 6) is 1.02. The van der Waals surface area contributed by atoms with Gasteiger partial charge in [0.25, 0.3) is 0 Å². The second-order valence-electron chi connectivity index (χ2n) is 5.51. The van der Waals surface area contributed by atoms with E-state index in [4.69, 9.17) is 0 Å². The molecule has 0 saturated carbocycles. The second-order valence-corrected chi connectivity index (χ2v) is 5.51. The van der Waals surface area contributed by atoms with Gasteiger partial charge in [0.1, 0.15) is 5.82 Å². The number of hydrogen-bond acceptors (Lipinski definition) is 3. The fourth-order valence-electron chi connectivity index (χ4n) is 2.57. The summed E-state index contributed by atoms with van der Waals surface area (Å²) in [5.41, 5.74) is 5.00. The van der Waals surface area contributed by atoms with Crippen LogP contribution in [0.2, 0.25) is 0 Å². The van der Waals surface area contributed by atoms with Crippen molar-refractivity contribution in [1.82, 2.24) is 10.3 Å². The fourth-order valence-corrected chi connectivity index (χ4v) is 2.57. The largest absolute Gasteiger partial charge is 0.329 e. The lowest BCUT2D eigenvalue weighted by Crippen LogP contribution is -2.19. The van der Waals surface area contributed by atoms with E-state index in [2.05, 4.69) is 67.3 Å². The SMILES string of the molecule is CCCNCc1cccnc1N(C)c1ccc(C)cc1C. The standard InChI is InChI=1S/C18H25N3/c1-5-10-19-13-16-7-6-11-20-18(16)21(4)17-9-8-14(2)12-15(17)3/h6-9,11-12,19H,5,10,13H2,1-4H3. The molecule has 3 heteroatoms. The molecule has 0 bridgehead atoms. The predicted molar refractivity (Wildman–Crippen MR) is 90.2 cm³/mol. The minimum Gasteiger partial charge on any atom is -0.329 e. The van der Waals surface area contributed by atoms with Crippen LogP contribution < -0.4 is 10.2 Å². The van der Waals surface area contributed by atoms with Gasteiger partial charge in [0, 0.05) is 31.0 Å². The Bertz CT molecular complexity index is 593. The maximum Gasteiger partial charge on any atom is 0.137 e. The predicted octanol–water partition coefficient (Wildman–Crippen LogP) is 3.97. The first-order valence-electron chi connectivity index (χ1n) is 7.59. The molecule has 3 nitrogen and oxygen atoms in total. The van der Waals surface area contributed by atoms with Crippen LogP contribution in [0.25, 0.3) is 0 Å². The fraction of sp³-hybridized carbons (Fsp3) is 0.389. The van der Waals surface area contributed by atoms with Crippen molar-refractivity contribution in [2.45, 2.75) is 33.7 Å². The summed E-state index contributed by atoms with van der Waals surface area (Å²) in [4.78, 5) is 6.76. The van der Waals surface area contributed by atoms with Crippen LogP contribution >= 0.6 is 0 Å². The van der Waals surface area contributed by atoms with Crippen LogP contribution in [0.4, 0.5) is 11.5 Å². The van der Waals surface area contributed by atoms with Crippen LogP contribution in [0.1, 0.15) is 30.0 Å². The van der Waals surface area contributed by atoms with Crippen molar-refractivity contribution < 1.29 is 0 Å². The van der Waals surface area contributed by atoms with E-state index in [1.807, 2.05) is 12.3 Å². The highest BCUT2D eigenvalue weighted by molar-refractivity contribution is 5.65. The molecule has 0 unspecified atom stereocenters. The van der Waals surface area contributed by atoms with Gasteiger partial charge in [-0.05, 0) is 44.5 Å². The van der Waals surface area contributed by atoms with Gasteiger partial charge in [0.15, 0.2) is 0 Å². The molecule has 1 aromatic heterocycles. The molecule has 21 heavy (non-hydrogen) atoms. The summed E-state index contributed by atoms with van der Waals surface area (Å²) in [6, 6.07) is 10.7. The maximum absolute atomic E-state index is 4.58. The average Bonchev–Trinajstić information content (AvgIpc) is 2.47. The third-order valence-electron chi connectivity index (χ3n) is 3.64. The first-order valence-corrected chi connectivity index (χ1v) is 7.59. The van der Waals surface area contributed by atoms with Crippen molar-refractivity contribution in [1.29, 1.82) is 0 Å². The molecule has 0 radical (unpaired) electrons. The summed E-state index contributed by atoms with van der Waals surface area (Å²) < 4.78 is 0. The monoisotopic (exact) mass is 283 g/mol. The first-order chi connectivity index (χ1) is 10.1. The molecule has 0 aliphatic heterocycles. The van der Waals surface area contributed by atoms with Crippen LogP contribution in [0.5, 0.6) is 0 Å². The van der Waals surface area contributed by atoms with Crippen molar-refractivity contribution in [3.05, 3.63) is 53.2 Å². The summed E-state index contributed by atoms with van der Waals surface area (Å²) in [6.45, 7) is 8.33. The zero-order chi connectivity index (χ0) is 15.2. The van der Waals surface area contributed by atoms with Gasteiger partial charge in [-0.25, -0.2) is 4.98 Å². The van der Waals surface area contributed by atoms with Gasteiger partial charge in [-0.15, -0.1) is 0 Å². The van der Waals surface area contributed by atoms with Gasteiger partial charge < -0.3 is 10.2 Å². The number of hydrogen-bond donors (Lipinski definition) is 1. The van der Waals surface area contributed by atoms with Crippen LogP contribution in [-0.4, -0.2) is 18.6 Å². The van der Waals surface area contributed by atoms with Gasteiger partial charge in [0.2, 0.25) is 0 Å². The lowest BCUT2D eigenvalue weighted by molar-refractivity contribution is 0.673. The Morgan fingerprint density at radius 1 is 1.19 bits per heavy atom. The van der Waals surface area contributed by atoms with Gasteiger partial charge in [-0.3, -0.25) is 0 Å². The van der Waals surface area contributed by atoms with Crippen LogP contribution in [0.3, 0.4) is 0 Å². The highest BCUT2D eigenvalue weighted by Crippen LogP contribution is 2.28. The van der Waals surface area contributed by atoms with Crippen LogP contribution in [0.15, 0.2) is 36.5 Å². The Kier molecular flexibility index (Phi) is 5.34. The van der Waals surface area contributed by atoms with Crippen molar-refractivity contribution in [3.8, 4) is 0 Å². The molecule has 0 amide bonds. The Labute approximate surface area is 128 Å². The number of aryl methyl sites for hydroxylation is 2. The van der Waals surface area contributed by atoms with Gasteiger partial charge in [-0.2, -0.15) is 0 Å². The molecule has 0 fully saturated rings. The number of pyridine rings is 1. The lowest BCUT2D eigenvalue weighted by Gasteiger charge is -2.23. The minimum absolute atomic E-state index is 0.853. The smallest absolute Gasteiger partial charge is 0.137 e. The highest BCUT2D eigenvalue weighted by Gasteiger charge is 2.12. The van der Waals surface area contributed by atoms with E-state index in [-0.39, 0.29) is 0 Å². The average molecular weight is 283 g/mol. The van der Waals surface area contributed by atoms with E-state index in [9.17, 15) is 0 Å². The van der Waals surface area contributed by atoms with Crippen LogP contribution in [0, 0.1) is 13.8 Å². The topological polar surface area (TPSA) is 28.2 Å². The summed E-state index contributed by atoms with van der Waals surface area (Å²) >= 11 is 0. The Morgan fingerprint density at radius 2 is 2.00 bits per heavy atom. The van der Waals surface area contributed by atoms with E-state index in [1.54, 1.807) is 0 Å². The normalized spacial score (nSPS) is 10.7. The molecule has 0 spiro atoms. The molecule has 112 valence electrons. The molecular weight excluding hydrogens is 258 g/mol. The molecule has 0 saturated heterocycles. The van der Waals surface area contributed by atoms with Crippen molar-refractivity contribution in [3.63, 3.8) is 0 Å². The quantitative estimate of drug-likeness (QED) is 0.813. The number of aromatic nitrogens is 1. The molecular formula is C18H25N3. The van der Waals surface area contributed by atoms with E-state index >= 15 is 0 Å². The Balaban J connectivity index is 2.27. The minimum atomic E-state index is 0.853. The highest BCUT2D eigenvalue weighted by atomic mass is 15.2. The maximum atomic E-state index is 4.58. The number of nitrogens with one attached hydrogen (secondary N) is 1. The van der Waals surface area contributed by atoms with E-state index in [0.29, 0.717) is 0 Å². The summed E-state index contributed by atoms with van der Waals surface area (Å²) in [6.07, 6.45) is 3.00. The van der Waals surface area contributed by atoms with Crippen molar-refractivity contribution in [2.24, 2.45) is 0 Å². The third-order valence-corrected chi connectivity index (χ3v) is 3.64. The van der Waals surface area contributed by atoms with Gasteiger partial charge in [0.05, 0.1) is 0 Å². The Morgan fingerprint density at radius 3 is 2.71 bits per heavy atom. The molecule has 0 aliphatic rings. The molecule has 1 heterocycles. The molecule has 2 rings (SSSR count). The lowest BCUT2D eigenvalue weighted by atomic mass is 10.1. The zero-order valence-corrected chi connectivity index (χ0v) is 13.5. The number of anilines is 2. The number of nitrogens with zero attached hydrogens (tertiary/aromatic N) is 2. The number of rotatable bonds is 6. The molecule has 0 atom stereocenters. The number of benzene rings is 1.